The predicted octanol–water partition coefficient (Wildman–Crippen LogP) is 4.60. The first-order chi connectivity index (χ1) is 7.97. The topological polar surface area (TPSA) is 40.5 Å². The zero-order chi connectivity index (χ0) is 12.6. The van der Waals surface area contributed by atoms with Crippen LogP contribution in [0.5, 0.6) is 11.5 Å². The van der Waals surface area contributed by atoms with Crippen molar-refractivity contribution < 1.29 is 10.2 Å². The van der Waals surface area contributed by atoms with Crippen LogP contribution in [0.25, 0.3) is 11.1 Å². The van der Waals surface area contributed by atoms with Crippen LogP contribution in [0.4, 0.5) is 0 Å². The third kappa shape index (κ3) is 2.64. The molecule has 2 rings (SSSR count). The van der Waals surface area contributed by atoms with Crippen LogP contribution in [0.1, 0.15) is 5.56 Å². The highest BCUT2D eigenvalue weighted by Gasteiger charge is 2.11. The molecule has 0 aromatic heterocycles. The van der Waals surface area contributed by atoms with Crippen LogP contribution in [0.15, 0.2) is 39.3 Å². The number of halogens is 2. The number of aromatic hydroxyl groups is 2. The summed E-state index contributed by atoms with van der Waals surface area (Å²) in [5.74, 6) is 0.343. The van der Waals surface area contributed by atoms with E-state index in [9.17, 15) is 10.2 Å². The first-order valence-corrected chi connectivity index (χ1v) is 6.55. The molecule has 0 amide bonds. The lowest BCUT2D eigenvalue weighted by atomic mass is 10.0. The summed E-state index contributed by atoms with van der Waals surface area (Å²) in [6.45, 7) is 1.91. The van der Waals surface area contributed by atoms with Gasteiger partial charge in [0.25, 0.3) is 0 Å². The smallest absolute Gasteiger partial charge is 0.124 e. The number of hydrogen-bond acceptors (Lipinski definition) is 2. The summed E-state index contributed by atoms with van der Waals surface area (Å²) in [5, 5.41) is 19.5. The lowest BCUT2D eigenvalue weighted by Crippen LogP contribution is -1.84. The predicted molar refractivity (Wildman–Crippen MR) is 75.3 cm³/mol. The van der Waals surface area contributed by atoms with E-state index in [0.29, 0.717) is 5.56 Å². The minimum atomic E-state index is 0.154. The van der Waals surface area contributed by atoms with Gasteiger partial charge in [0.1, 0.15) is 11.5 Å². The van der Waals surface area contributed by atoms with E-state index in [-0.39, 0.29) is 11.5 Å². The molecule has 2 N–H and O–H groups in total. The molecular formula is C13H10Br2O2. The van der Waals surface area contributed by atoms with E-state index in [2.05, 4.69) is 31.9 Å². The second kappa shape index (κ2) is 4.70. The molecule has 88 valence electrons. The first-order valence-electron chi connectivity index (χ1n) is 4.96. The van der Waals surface area contributed by atoms with Gasteiger partial charge < -0.3 is 10.2 Å². The van der Waals surface area contributed by atoms with Crippen molar-refractivity contribution in [1.29, 1.82) is 0 Å². The van der Waals surface area contributed by atoms with Gasteiger partial charge in [-0.15, -0.1) is 0 Å². The Morgan fingerprint density at radius 1 is 0.941 bits per heavy atom. The molecule has 0 aliphatic rings. The Bertz CT molecular complexity index is 536. The molecule has 2 aromatic rings. The number of rotatable bonds is 1. The fourth-order valence-corrected chi connectivity index (χ4v) is 3.00. The fraction of sp³-hybridized carbons (Fsp3) is 0.0769. The van der Waals surface area contributed by atoms with Crippen molar-refractivity contribution in [3.63, 3.8) is 0 Å². The molecule has 0 saturated carbocycles. The Labute approximate surface area is 116 Å². The largest absolute Gasteiger partial charge is 0.508 e. The maximum Gasteiger partial charge on any atom is 0.124 e. The molecule has 0 spiro atoms. The van der Waals surface area contributed by atoms with Crippen LogP contribution >= 0.6 is 31.9 Å². The first kappa shape index (κ1) is 12.5. The molecule has 0 fully saturated rings. The minimum absolute atomic E-state index is 0.154. The van der Waals surface area contributed by atoms with E-state index in [1.807, 2.05) is 19.1 Å². The van der Waals surface area contributed by atoms with Gasteiger partial charge in [-0.05, 0) is 48.4 Å². The molecule has 0 aliphatic heterocycles. The van der Waals surface area contributed by atoms with Crippen LogP contribution in [0.3, 0.4) is 0 Å². The Balaban J connectivity index is 2.68. The molecule has 0 bridgehead atoms. The minimum Gasteiger partial charge on any atom is -0.508 e. The van der Waals surface area contributed by atoms with Crippen LogP contribution in [-0.2, 0) is 0 Å². The van der Waals surface area contributed by atoms with Gasteiger partial charge in [-0.3, -0.25) is 0 Å². The van der Waals surface area contributed by atoms with E-state index < -0.39 is 0 Å². The average molecular weight is 358 g/mol. The highest BCUT2D eigenvalue weighted by Crippen LogP contribution is 2.39. The van der Waals surface area contributed by atoms with Crippen LogP contribution in [0.2, 0.25) is 0 Å². The monoisotopic (exact) mass is 356 g/mol. The quantitative estimate of drug-likeness (QED) is 0.783. The molecule has 0 atom stereocenters. The highest BCUT2D eigenvalue weighted by molar-refractivity contribution is 9.10. The average Bonchev–Trinajstić information content (AvgIpc) is 2.13. The summed E-state index contributed by atoms with van der Waals surface area (Å²) < 4.78 is 1.56. The Morgan fingerprint density at radius 3 is 2.24 bits per heavy atom. The van der Waals surface area contributed by atoms with Crippen molar-refractivity contribution in [2.24, 2.45) is 0 Å². The zero-order valence-corrected chi connectivity index (χ0v) is 12.2. The van der Waals surface area contributed by atoms with Gasteiger partial charge in [-0.2, -0.15) is 0 Å². The van der Waals surface area contributed by atoms with Gasteiger partial charge in [-0.1, -0.05) is 31.9 Å². The number of phenols is 2. The van der Waals surface area contributed by atoms with Crippen molar-refractivity contribution in [3.05, 3.63) is 44.8 Å². The number of aryl methyl sites for hydroxylation is 1. The van der Waals surface area contributed by atoms with Crippen molar-refractivity contribution >= 4 is 31.9 Å². The zero-order valence-electron chi connectivity index (χ0n) is 9.04. The van der Waals surface area contributed by atoms with Gasteiger partial charge in [0.2, 0.25) is 0 Å². The third-order valence-corrected chi connectivity index (χ3v) is 3.47. The van der Waals surface area contributed by atoms with Gasteiger partial charge in [0.05, 0.1) is 0 Å². The molecule has 2 nitrogen and oxygen atoms in total. The van der Waals surface area contributed by atoms with Crippen molar-refractivity contribution in [2.75, 3.05) is 0 Å². The maximum atomic E-state index is 9.98. The van der Waals surface area contributed by atoms with Gasteiger partial charge >= 0.3 is 0 Å². The summed E-state index contributed by atoms with van der Waals surface area (Å²) in [4.78, 5) is 0. The Morgan fingerprint density at radius 2 is 1.65 bits per heavy atom. The molecule has 0 aliphatic carbocycles. The van der Waals surface area contributed by atoms with Gasteiger partial charge in [0.15, 0.2) is 0 Å². The van der Waals surface area contributed by atoms with E-state index in [4.69, 9.17) is 0 Å². The second-order valence-electron chi connectivity index (χ2n) is 3.84. The van der Waals surface area contributed by atoms with Gasteiger partial charge in [0, 0.05) is 14.5 Å². The van der Waals surface area contributed by atoms with E-state index >= 15 is 0 Å². The molecule has 17 heavy (non-hydrogen) atoms. The number of hydrogen-bond donors (Lipinski definition) is 2. The summed E-state index contributed by atoms with van der Waals surface area (Å²) in [6.07, 6.45) is 0. The second-order valence-corrected chi connectivity index (χ2v) is 5.61. The molecule has 0 unspecified atom stereocenters. The van der Waals surface area contributed by atoms with Crippen LogP contribution in [-0.4, -0.2) is 10.2 Å². The molecular weight excluding hydrogens is 348 g/mol. The summed E-state index contributed by atoms with van der Waals surface area (Å²) in [7, 11) is 0. The van der Waals surface area contributed by atoms with Crippen molar-refractivity contribution in [1.82, 2.24) is 0 Å². The number of benzene rings is 2. The lowest BCUT2D eigenvalue weighted by Gasteiger charge is -2.10. The lowest BCUT2D eigenvalue weighted by molar-refractivity contribution is 0.473. The van der Waals surface area contributed by atoms with Crippen LogP contribution in [0, 0.1) is 6.92 Å². The highest BCUT2D eigenvalue weighted by atomic mass is 79.9. The fourth-order valence-electron chi connectivity index (χ4n) is 1.73. The number of phenolic OH excluding ortho intramolecular Hbond substituents is 2. The van der Waals surface area contributed by atoms with Gasteiger partial charge in [-0.25, -0.2) is 0 Å². The van der Waals surface area contributed by atoms with E-state index in [0.717, 1.165) is 20.1 Å². The van der Waals surface area contributed by atoms with E-state index in [1.54, 1.807) is 18.2 Å². The van der Waals surface area contributed by atoms with Crippen molar-refractivity contribution in [3.8, 4) is 22.6 Å². The van der Waals surface area contributed by atoms with Crippen molar-refractivity contribution in [2.45, 2.75) is 6.92 Å². The summed E-state index contributed by atoms with van der Waals surface area (Å²) in [5.41, 5.74) is 2.39. The molecule has 0 radical (unpaired) electrons. The maximum absolute atomic E-state index is 9.98. The summed E-state index contributed by atoms with van der Waals surface area (Å²) in [6, 6.07) is 8.67. The van der Waals surface area contributed by atoms with E-state index in [1.165, 1.54) is 0 Å². The molecule has 4 heteroatoms. The third-order valence-electron chi connectivity index (χ3n) is 2.38. The SMILES string of the molecule is Cc1cc(O)c(-c2cc(O)cc(Br)c2)c(Br)c1. The van der Waals surface area contributed by atoms with Crippen LogP contribution < -0.4 is 0 Å². The molecule has 0 saturated heterocycles. The normalized spacial score (nSPS) is 10.5. The molecule has 0 heterocycles. The summed E-state index contributed by atoms with van der Waals surface area (Å²) >= 11 is 6.74. The molecule has 2 aromatic carbocycles. The Hall–Kier alpha value is -1.000. The Kier molecular flexibility index (Phi) is 3.45. The standard InChI is InChI=1S/C13H10Br2O2/c1-7-2-11(15)13(12(17)3-7)8-4-9(14)6-10(16)5-8/h2-6,16-17H,1H3.